The summed E-state index contributed by atoms with van der Waals surface area (Å²) < 4.78 is 10.6. The first-order valence-electron chi connectivity index (χ1n) is 7.63. The van der Waals surface area contributed by atoms with Crippen molar-refractivity contribution >= 4 is 40.0 Å². The number of nitrogens with zero attached hydrogens (tertiary/aromatic N) is 2. The summed E-state index contributed by atoms with van der Waals surface area (Å²) in [5.74, 6) is 0.539. The lowest BCUT2D eigenvalue weighted by atomic mass is 10.0. The molecule has 25 heavy (non-hydrogen) atoms. The van der Waals surface area contributed by atoms with Gasteiger partial charge in [-0.05, 0) is 30.7 Å². The Morgan fingerprint density at radius 1 is 1.28 bits per heavy atom. The average Bonchev–Trinajstić information content (AvgIpc) is 3.19. The number of allylic oxidation sites excluding steroid dienone is 1. The summed E-state index contributed by atoms with van der Waals surface area (Å²) in [6.45, 7) is 1.99. The maximum absolute atomic E-state index is 12.8. The van der Waals surface area contributed by atoms with E-state index in [1.54, 1.807) is 38.5 Å². The molecule has 0 bridgehead atoms. The number of carbonyl (C=O) groups excluding carboxylic acids is 1. The fourth-order valence-electron chi connectivity index (χ4n) is 2.43. The van der Waals surface area contributed by atoms with E-state index in [1.807, 2.05) is 6.92 Å². The zero-order chi connectivity index (χ0) is 18.0. The number of nitrogens with one attached hydrogen (secondary N) is 1. The van der Waals surface area contributed by atoms with Gasteiger partial charge in [0.1, 0.15) is 27.4 Å². The molecule has 0 amide bonds. The summed E-state index contributed by atoms with van der Waals surface area (Å²) in [5, 5.41) is 18.1. The highest BCUT2D eigenvalue weighted by atomic mass is 32.2. The lowest BCUT2D eigenvalue weighted by Gasteiger charge is -2.07. The first-order valence-corrected chi connectivity index (χ1v) is 9.27. The van der Waals surface area contributed by atoms with Gasteiger partial charge in [-0.25, -0.2) is 0 Å². The Balaban J connectivity index is 1.95. The molecule has 0 saturated carbocycles. The second kappa shape index (κ2) is 7.37. The SMILES string of the molecule is CCc1nnc([C@H]2C(=N)S/C(=C\c3cc(OC)ccc3OC)C2=O)s1. The van der Waals surface area contributed by atoms with Crippen LogP contribution in [0.15, 0.2) is 23.1 Å². The number of rotatable bonds is 5. The van der Waals surface area contributed by atoms with Crippen LogP contribution in [0.25, 0.3) is 6.08 Å². The van der Waals surface area contributed by atoms with E-state index < -0.39 is 5.92 Å². The number of hydrogen-bond donors (Lipinski definition) is 1. The fraction of sp³-hybridized carbons (Fsp3) is 0.294. The molecule has 1 saturated heterocycles. The predicted octanol–water partition coefficient (Wildman–Crippen LogP) is 3.54. The van der Waals surface area contributed by atoms with Crippen molar-refractivity contribution < 1.29 is 14.3 Å². The first-order chi connectivity index (χ1) is 12.1. The molecule has 1 aliphatic rings. The van der Waals surface area contributed by atoms with Gasteiger partial charge in [-0.2, -0.15) is 0 Å². The molecule has 1 aromatic heterocycles. The molecule has 0 radical (unpaired) electrons. The van der Waals surface area contributed by atoms with Crippen molar-refractivity contribution in [2.75, 3.05) is 14.2 Å². The third kappa shape index (κ3) is 3.45. The number of carbonyl (C=O) groups is 1. The number of benzene rings is 1. The Morgan fingerprint density at radius 2 is 2.08 bits per heavy atom. The molecule has 1 atom stereocenters. The minimum absolute atomic E-state index is 0.126. The van der Waals surface area contributed by atoms with Crippen LogP contribution in [0.1, 0.15) is 28.4 Å². The Morgan fingerprint density at radius 3 is 2.72 bits per heavy atom. The number of ketones is 1. The summed E-state index contributed by atoms with van der Waals surface area (Å²) in [6.07, 6.45) is 2.51. The van der Waals surface area contributed by atoms with Gasteiger partial charge >= 0.3 is 0 Å². The summed E-state index contributed by atoms with van der Waals surface area (Å²) in [5.41, 5.74) is 0.734. The molecule has 2 heterocycles. The molecule has 1 aliphatic heterocycles. The van der Waals surface area contributed by atoms with E-state index in [4.69, 9.17) is 14.9 Å². The molecule has 130 valence electrons. The molecule has 2 aromatic rings. The van der Waals surface area contributed by atoms with Crippen LogP contribution >= 0.6 is 23.1 Å². The van der Waals surface area contributed by atoms with Gasteiger partial charge < -0.3 is 9.47 Å². The van der Waals surface area contributed by atoms with Gasteiger partial charge in [-0.1, -0.05) is 18.7 Å². The van der Waals surface area contributed by atoms with Crippen LogP contribution in [0, 0.1) is 5.41 Å². The van der Waals surface area contributed by atoms with E-state index in [-0.39, 0.29) is 10.8 Å². The van der Waals surface area contributed by atoms with Crippen molar-refractivity contribution in [1.82, 2.24) is 10.2 Å². The summed E-state index contributed by atoms with van der Waals surface area (Å²) in [7, 11) is 3.16. The zero-order valence-electron chi connectivity index (χ0n) is 14.0. The molecular formula is C17H17N3O3S2. The quantitative estimate of drug-likeness (QED) is 0.805. The van der Waals surface area contributed by atoms with Crippen LogP contribution in [-0.2, 0) is 11.2 Å². The van der Waals surface area contributed by atoms with E-state index in [2.05, 4.69) is 10.2 Å². The van der Waals surface area contributed by atoms with Crippen LogP contribution < -0.4 is 9.47 Å². The van der Waals surface area contributed by atoms with Crippen LogP contribution in [-0.4, -0.2) is 35.2 Å². The van der Waals surface area contributed by atoms with Gasteiger partial charge in [0.2, 0.25) is 0 Å². The molecule has 0 unspecified atom stereocenters. The number of thioether (sulfide) groups is 1. The third-order valence-electron chi connectivity index (χ3n) is 3.74. The van der Waals surface area contributed by atoms with Crippen molar-refractivity contribution in [2.45, 2.75) is 19.3 Å². The van der Waals surface area contributed by atoms with Gasteiger partial charge in [0.15, 0.2) is 5.78 Å². The van der Waals surface area contributed by atoms with Gasteiger partial charge in [0.25, 0.3) is 0 Å². The third-order valence-corrected chi connectivity index (χ3v) is 5.87. The second-order valence-corrected chi connectivity index (χ2v) is 7.45. The van der Waals surface area contributed by atoms with Crippen molar-refractivity contribution in [3.8, 4) is 11.5 Å². The second-order valence-electron chi connectivity index (χ2n) is 5.27. The summed E-state index contributed by atoms with van der Waals surface area (Å²) in [6, 6.07) is 5.38. The van der Waals surface area contributed by atoms with Crippen molar-refractivity contribution in [2.24, 2.45) is 0 Å². The minimum atomic E-state index is -0.648. The number of aromatic nitrogens is 2. The van der Waals surface area contributed by atoms with Gasteiger partial charge in [0, 0.05) is 5.56 Å². The van der Waals surface area contributed by atoms with Crippen LogP contribution in [0.5, 0.6) is 11.5 Å². The van der Waals surface area contributed by atoms with Crippen molar-refractivity contribution in [1.29, 1.82) is 5.41 Å². The lowest BCUT2D eigenvalue weighted by Crippen LogP contribution is -2.11. The molecule has 6 nitrogen and oxygen atoms in total. The Hall–Kier alpha value is -2.19. The molecule has 1 aromatic carbocycles. The topological polar surface area (TPSA) is 85.2 Å². The van der Waals surface area contributed by atoms with Crippen molar-refractivity contribution in [3.05, 3.63) is 38.7 Å². The predicted molar refractivity (Wildman–Crippen MR) is 99.9 cm³/mol. The Kier molecular flexibility index (Phi) is 5.19. The van der Waals surface area contributed by atoms with E-state index in [0.717, 1.165) is 28.8 Å². The van der Waals surface area contributed by atoms with Crippen LogP contribution in [0.2, 0.25) is 0 Å². The molecule has 3 rings (SSSR count). The average molecular weight is 375 g/mol. The fourth-order valence-corrected chi connectivity index (χ4v) is 4.38. The Labute approximate surface area is 153 Å². The highest BCUT2D eigenvalue weighted by molar-refractivity contribution is 8.19. The highest BCUT2D eigenvalue weighted by Gasteiger charge is 2.39. The smallest absolute Gasteiger partial charge is 0.186 e. The molecule has 0 aliphatic carbocycles. The molecular weight excluding hydrogens is 358 g/mol. The highest BCUT2D eigenvalue weighted by Crippen LogP contribution is 2.42. The maximum Gasteiger partial charge on any atom is 0.186 e. The lowest BCUT2D eigenvalue weighted by molar-refractivity contribution is -0.114. The summed E-state index contributed by atoms with van der Waals surface area (Å²) in [4.78, 5) is 13.3. The Bertz CT molecular complexity index is 861. The molecule has 1 N–H and O–H groups in total. The number of hydrogen-bond acceptors (Lipinski definition) is 8. The largest absolute Gasteiger partial charge is 0.497 e. The normalized spacial score (nSPS) is 18.8. The van der Waals surface area contributed by atoms with Crippen LogP contribution in [0.4, 0.5) is 0 Å². The standard InChI is InChI=1S/C17H17N3O3S2/c1-4-13-19-20-17(25-13)14-15(21)12(24-16(14)18)8-9-7-10(22-2)5-6-11(9)23-3/h5-8,14,18H,4H2,1-3H3/b12-8-,18-16?/t14-/m1/s1. The van der Waals surface area contributed by atoms with Gasteiger partial charge in [-0.3, -0.25) is 10.2 Å². The van der Waals surface area contributed by atoms with Crippen LogP contribution in [0.3, 0.4) is 0 Å². The molecule has 0 spiro atoms. The minimum Gasteiger partial charge on any atom is -0.497 e. The number of ether oxygens (including phenoxy) is 2. The number of Topliss-reactive ketones (excluding diaryl/α,β-unsaturated/α-hetero) is 1. The molecule has 8 heteroatoms. The number of methoxy groups -OCH3 is 2. The van der Waals surface area contributed by atoms with Crippen molar-refractivity contribution in [3.63, 3.8) is 0 Å². The zero-order valence-corrected chi connectivity index (χ0v) is 15.7. The van der Waals surface area contributed by atoms with E-state index >= 15 is 0 Å². The maximum atomic E-state index is 12.8. The van der Waals surface area contributed by atoms with E-state index in [0.29, 0.717) is 21.4 Å². The number of aryl methyl sites for hydroxylation is 1. The van der Waals surface area contributed by atoms with E-state index in [1.165, 1.54) is 11.3 Å². The molecule has 1 fully saturated rings. The summed E-state index contributed by atoms with van der Waals surface area (Å²) >= 11 is 2.55. The monoisotopic (exact) mass is 375 g/mol. The van der Waals surface area contributed by atoms with Gasteiger partial charge in [0.05, 0.1) is 24.2 Å². The van der Waals surface area contributed by atoms with Gasteiger partial charge in [-0.15, -0.1) is 21.5 Å². The first kappa shape index (κ1) is 17.6. The van der Waals surface area contributed by atoms with E-state index in [9.17, 15) is 4.79 Å².